The van der Waals surface area contributed by atoms with Gasteiger partial charge in [0.1, 0.15) is 0 Å². The highest BCUT2D eigenvalue weighted by atomic mass is 35.5. The Kier molecular flexibility index (Phi) is 5.45. The molecule has 0 atom stereocenters. The zero-order valence-electron chi connectivity index (χ0n) is 13.4. The number of hydrogen-bond acceptors (Lipinski definition) is 0. The summed E-state index contributed by atoms with van der Waals surface area (Å²) in [5.41, 5.74) is 2.69. The van der Waals surface area contributed by atoms with Gasteiger partial charge in [-0.1, -0.05) is 61.5 Å². The molecule has 21 heavy (non-hydrogen) atoms. The molecular formula is C19H29ClSi. The van der Waals surface area contributed by atoms with E-state index >= 15 is 0 Å². The fourth-order valence-corrected chi connectivity index (χ4v) is 6.14. The zero-order valence-corrected chi connectivity index (χ0v) is 15.5. The van der Waals surface area contributed by atoms with Crippen LogP contribution in [0.1, 0.15) is 62.8 Å². The third kappa shape index (κ3) is 3.93. The zero-order chi connectivity index (χ0) is 14.7. The van der Waals surface area contributed by atoms with Gasteiger partial charge in [-0.15, -0.1) is 0 Å². The van der Waals surface area contributed by atoms with Gasteiger partial charge in [0.05, 0.1) is 0 Å². The molecule has 0 spiro atoms. The Morgan fingerprint density at radius 2 is 1.33 bits per heavy atom. The summed E-state index contributed by atoms with van der Waals surface area (Å²) in [6.45, 7) is 2.50. The van der Waals surface area contributed by atoms with Crippen LogP contribution >= 0.6 is 11.6 Å². The summed E-state index contributed by atoms with van der Waals surface area (Å²) in [5.74, 6) is 2.89. The third-order valence-electron chi connectivity index (χ3n) is 6.25. The minimum atomic E-state index is 0.259. The van der Waals surface area contributed by atoms with Gasteiger partial charge in [0.25, 0.3) is 0 Å². The van der Waals surface area contributed by atoms with Crippen molar-refractivity contribution in [2.45, 2.75) is 69.4 Å². The van der Waals surface area contributed by atoms with Crippen LogP contribution < -0.4 is 0 Å². The van der Waals surface area contributed by atoms with Crippen LogP contribution in [0, 0.1) is 11.8 Å². The molecule has 2 aliphatic rings. The fraction of sp³-hybridized carbons (Fsp3) is 0.684. The molecule has 116 valence electrons. The lowest BCUT2D eigenvalue weighted by atomic mass is 9.70. The average molecular weight is 321 g/mol. The lowest BCUT2D eigenvalue weighted by Crippen LogP contribution is -2.25. The predicted octanol–water partition coefficient (Wildman–Crippen LogP) is 5.81. The normalized spacial score (nSPS) is 34.4. The Bertz CT molecular complexity index is 425. The highest BCUT2D eigenvalue weighted by molar-refractivity contribution is 6.35. The molecule has 3 rings (SSSR count). The second kappa shape index (κ2) is 7.33. The van der Waals surface area contributed by atoms with Gasteiger partial charge < -0.3 is 0 Å². The van der Waals surface area contributed by atoms with E-state index in [0.717, 1.165) is 22.8 Å². The molecule has 0 aliphatic heterocycles. The largest absolute Gasteiger partial charge is 0.0843 e. The average Bonchev–Trinajstić information content (AvgIpc) is 2.56. The van der Waals surface area contributed by atoms with Gasteiger partial charge >= 0.3 is 0 Å². The Hall–Kier alpha value is -0.273. The van der Waals surface area contributed by atoms with Crippen LogP contribution in [-0.4, -0.2) is 9.52 Å². The molecule has 1 aromatic carbocycles. The van der Waals surface area contributed by atoms with Crippen molar-refractivity contribution in [1.29, 1.82) is 0 Å². The molecule has 0 radical (unpaired) electrons. The Labute approximate surface area is 137 Å². The lowest BCUT2D eigenvalue weighted by molar-refractivity contribution is 0.186. The summed E-state index contributed by atoms with van der Waals surface area (Å²) in [4.78, 5) is 0. The minimum absolute atomic E-state index is 0.259. The van der Waals surface area contributed by atoms with Gasteiger partial charge in [0.2, 0.25) is 0 Å². The van der Waals surface area contributed by atoms with Crippen LogP contribution in [0.3, 0.4) is 0 Å². The molecule has 2 heteroatoms. The van der Waals surface area contributed by atoms with Gasteiger partial charge in [-0.25, -0.2) is 0 Å². The van der Waals surface area contributed by atoms with E-state index in [1.54, 1.807) is 25.7 Å². The number of halogens is 1. The summed E-state index contributed by atoms with van der Waals surface area (Å²) in [6.07, 6.45) is 11.9. The quantitative estimate of drug-likeness (QED) is 0.616. The standard InChI is InChI=1S/C19H29ClSi/c1-21-19-12-8-17(9-13-19)15-4-2-14(3-5-15)16-6-10-18(20)11-7-16/h6-7,10-11,14-15,17,19H,2-5,8-9,12-13,21H2,1H3/t14-,15-,17-,19-. The van der Waals surface area contributed by atoms with Crippen molar-refractivity contribution < 1.29 is 0 Å². The molecule has 0 heterocycles. The highest BCUT2D eigenvalue weighted by Crippen LogP contribution is 2.44. The molecule has 0 saturated heterocycles. The molecule has 2 fully saturated rings. The van der Waals surface area contributed by atoms with Gasteiger partial charge in [-0.3, -0.25) is 0 Å². The first kappa shape index (κ1) is 15.6. The third-order valence-corrected chi connectivity index (χ3v) is 8.47. The van der Waals surface area contributed by atoms with E-state index in [-0.39, 0.29) is 9.52 Å². The molecule has 0 amide bonds. The van der Waals surface area contributed by atoms with E-state index in [2.05, 4.69) is 30.8 Å². The van der Waals surface area contributed by atoms with E-state index in [4.69, 9.17) is 11.6 Å². The van der Waals surface area contributed by atoms with Crippen molar-refractivity contribution in [3.8, 4) is 0 Å². The van der Waals surface area contributed by atoms with Crippen LogP contribution in [0.5, 0.6) is 0 Å². The number of rotatable bonds is 3. The maximum absolute atomic E-state index is 6.00. The highest BCUT2D eigenvalue weighted by Gasteiger charge is 2.30. The summed E-state index contributed by atoms with van der Waals surface area (Å²) < 4.78 is 0. The minimum Gasteiger partial charge on any atom is -0.0843 e. The summed E-state index contributed by atoms with van der Waals surface area (Å²) in [7, 11) is 0.259. The molecular weight excluding hydrogens is 292 g/mol. The molecule has 0 aromatic heterocycles. The van der Waals surface area contributed by atoms with Crippen LogP contribution in [0.4, 0.5) is 0 Å². The molecule has 1 aromatic rings. The second-order valence-corrected chi connectivity index (χ2v) is 9.76. The second-order valence-electron chi connectivity index (χ2n) is 7.35. The topological polar surface area (TPSA) is 0 Å². The first-order chi connectivity index (χ1) is 10.3. The Morgan fingerprint density at radius 3 is 1.86 bits per heavy atom. The first-order valence-corrected chi connectivity index (χ1v) is 11.6. The molecule has 2 saturated carbocycles. The molecule has 0 N–H and O–H groups in total. The molecule has 2 aliphatic carbocycles. The monoisotopic (exact) mass is 320 g/mol. The Balaban J connectivity index is 1.50. The van der Waals surface area contributed by atoms with Crippen LogP contribution in [0.2, 0.25) is 17.1 Å². The van der Waals surface area contributed by atoms with Crippen LogP contribution in [0.25, 0.3) is 0 Å². The summed E-state index contributed by atoms with van der Waals surface area (Å²) in [5, 5.41) is 0.865. The first-order valence-electron chi connectivity index (χ1n) is 9.01. The van der Waals surface area contributed by atoms with Crippen molar-refractivity contribution in [2.24, 2.45) is 11.8 Å². The van der Waals surface area contributed by atoms with Gasteiger partial charge in [0, 0.05) is 14.5 Å². The summed E-state index contributed by atoms with van der Waals surface area (Å²) >= 11 is 6.00. The fourth-order valence-electron chi connectivity index (χ4n) is 4.73. The smallest absolute Gasteiger partial charge is 0.0406 e. The Morgan fingerprint density at radius 1 is 0.810 bits per heavy atom. The summed E-state index contributed by atoms with van der Waals surface area (Å²) in [6, 6.07) is 8.59. The lowest BCUT2D eigenvalue weighted by Gasteiger charge is -2.37. The van der Waals surface area contributed by atoms with Crippen molar-refractivity contribution >= 4 is 21.1 Å². The van der Waals surface area contributed by atoms with Gasteiger partial charge in [-0.2, -0.15) is 0 Å². The number of benzene rings is 1. The molecule has 0 nitrogen and oxygen atoms in total. The SMILES string of the molecule is C[SiH2][C@H]1CC[C@H]([C@H]2CC[C@H](c3ccc(Cl)cc3)CC2)CC1. The number of hydrogen-bond donors (Lipinski definition) is 0. The van der Waals surface area contributed by atoms with Crippen molar-refractivity contribution in [3.05, 3.63) is 34.9 Å². The van der Waals surface area contributed by atoms with Crippen LogP contribution in [0.15, 0.2) is 24.3 Å². The van der Waals surface area contributed by atoms with E-state index in [0.29, 0.717) is 0 Å². The van der Waals surface area contributed by atoms with E-state index in [1.165, 1.54) is 36.8 Å². The van der Waals surface area contributed by atoms with E-state index in [9.17, 15) is 0 Å². The predicted molar refractivity (Wildman–Crippen MR) is 96.3 cm³/mol. The van der Waals surface area contributed by atoms with E-state index < -0.39 is 0 Å². The van der Waals surface area contributed by atoms with E-state index in [1.807, 2.05) is 0 Å². The van der Waals surface area contributed by atoms with Crippen LogP contribution in [-0.2, 0) is 0 Å². The van der Waals surface area contributed by atoms with Crippen molar-refractivity contribution in [2.75, 3.05) is 0 Å². The maximum atomic E-state index is 6.00. The molecule has 0 unspecified atom stereocenters. The van der Waals surface area contributed by atoms with Crippen molar-refractivity contribution in [3.63, 3.8) is 0 Å². The van der Waals surface area contributed by atoms with Gasteiger partial charge in [-0.05, 0) is 61.1 Å². The van der Waals surface area contributed by atoms with Gasteiger partial charge in [0.15, 0.2) is 0 Å². The van der Waals surface area contributed by atoms with Crippen molar-refractivity contribution in [1.82, 2.24) is 0 Å². The molecule has 0 bridgehead atoms. The maximum Gasteiger partial charge on any atom is 0.0406 e.